The average Bonchev–Trinajstić information content (AvgIpc) is 3.28. The normalized spacial score (nSPS) is 30.3. The number of likely N-dealkylation sites (tertiary alicyclic amines) is 2. The van der Waals surface area contributed by atoms with Crippen molar-refractivity contribution in [1.29, 1.82) is 0 Å². The smallest absolute Gasteiger partial charge is 0.227 e. The van der Waals surface area contributed by atoms with Crippen LogP contribution in [0.5, 0.6) is 0 Å². The van der Waals surface area contributed by atoms with Gasteiger partial charge in [0.15, 0.2) is 0 Å². The number of carbonyl (C=O) groups excluding carboxylic acids is 1. The van der Waals surface area contributed by atoms with Gasteiger partial charge in [-0.25, -0.2) is 4.39 Å². The molecule has 1 spiro atoms. The van der Waals surface area contributed by atoms with Crippen molar-refractivity contribution in [3.63, 3.8) is 0 Å². The van der Waals surface area contributed by atoms with Crippen LogP contribution in [0.4, 0.5) is 4.39 Å². The maximum Gasteiger partial charge on any atom is 0.227 e. The summed E-state index contributed by atoms with van der Waals surface area (Å²) >= 11 is 0. The predicted molar refractivity (Wildman–Crippen MR) is 93.8 cm³/mol. The fourth-order valence-electron chi connectivity index (χ4n) is 4.65. The number of ether oxygens (including phenoxy) is 1. The summed E-state index contributed by atoms with van der Waals surface area (Å²) in [6.07, 6.45) is 6.07. The van der Waals surface area contributed by atoms with Crippen LogP contribution in [0.15, 0.2) is 24.3 Å². The number of nitrogens with zero attached hydrogens (tertiary/aromatic N) is 2. The van der Waals surface area contributed by atoms with Crippen LogP contribution in [0, 0.1) is 5.82 Å². The van der Waals surface area contributed by atoms with E-state index in [0.29, 0.717) is 19.0 Å². The van der Waals surface area contributed by atoms with Gasteiger partial charge >= 0.3 is 0 Å². The van der Waals surface area contributed by atoms with Gasteiger partial charge in [0, 0.05) is 25.7 Å². The predicted octanol–water partition coefficient (Wildman–Crippen LogP) is 2.61. The zero-order valence-corrected chi connectivity index (χ0v) is 14.8. The van der Waals surface area contributed by atoms with Crippen molar-refractivity contribution in [2.45, 2.75) is 50.2 Å². The second kappa shape index (κ2) is 7.04. The molecule has 1 aromatic rings. The van der Waals surface area contributed by atoms with Crippen LogP contribution in [0.3, 0.4) is 0 Å². The molecule has 3 fully saturated rings. The Balaban J connectivity index is 1.36. The van der Waals surface area contributed by atoms with Gasteiger partial charge in [-0.1, -0.05) is 12.1 Å². The van der Waals surface area contributed by atoms with Crippen LogP contribution in [-0.4, -0.2) is 60.1 Å². The summed E-state index contributed by atoms with van der Waals surface area (Å²) in [5.41, 5.74) is 0.719. The number of carbonyl (C=O) groups is 1. The molecular formula is C20H27FN2O2. The number of hydrogen-bond donors (Lipinski definition) is 0. The summed E-state index contributed by atoms with van der Waals surface area (Å²) in [7, 11) is 0. The first kappa shape index (κ1) is 17.0. The third-order valence-corrected chi connectivity index (χ3v) is 6.06. The Morgan fingerprint density at radius 3 is 2.72 bits per heavy atom. The molecule has 1 aromatic carbocycles. The van der Waals surface area contributed by atoms with Crippen LogP contribution in [0.1, 0.15) is 37.7 Å². The fraction of sp³-hybridized carbons (Fsp3) is 0.650. The molecule has 2 atom stereocenters. The highest BCUT2D eigenvalue weighted by Gasteiger charge is 2.45. The molecule has 3 aliphatic heterocycles. The van der Waals surface area contributed by atoms with Gasteiger partial charge in [0.05, 0.1) is 12.0 Å². The summed E-state index contributed by atoms with van der Waals surface area (Å²) in [4.78, 5) is 17.2. The minimum atomic E-state index is -0.264. The van der Waals surface area contributed by atoms with Crippen LogP contribution in [0.25, 0.3) is 0 Å². The number of hydrogen-bond acceptors (Lipinski definition) is 3. The van der Waals surface area contributed by atoms with Crippen molar-refractivity contribution in [3.8, 4) is 0 Å². The molecule has 0 saturated carbocycles. The van der Waals surface area contributed by atoms with Crippen LogP contribution in [-0.2, 0) is 16.0 Å². The summed E-state index contributed by atoms with van der Waals surface area (Å²) in [5.74, 6) is -0.143. The zero-order chi connectivity index (χ0) is 17.3. The van der Waals surface area contributed by atoms with Gasteiger partial charge in [-0.15, -0.1) is 0 Å². The van der Waals surface area contributed by atoms with Crippen molar-refractivity contribution >= 4 is 5.91 Å². The first-order valence-electron chi connectivity index (χ1n) is 9.54. The molecule has 4 nitrogen and oxygen atoms in total. The first-order chi connectivity index (χ1) is 12.1. The van der Waals surface area contributed by atoms with Crippen LogP contribution >= 0.6 is 0 Å². The molecule has 4 rings (SSSR count). The molecule has 3 aliphatic rings. The Kier molecular flexibility index (Phi) is 4.78. The summed E-state index contributed by atoms with van der Waals surface area (Å²) in [6, 6.07) is 6.83. The molecule has 3 saturated heterocycles. The number of rotatable bonds is 3. The van der Waals surface area contributed by atoms with Crippen molar-refractivity contribution in [2.75, 3.05) is 32.8 Å². The van der Waals surface area contributed by atoms with E-state index in [1.165, 1.54) is 38.1 Å². The molecule has 3 heterocycles. The Labute approximate surface area is 148 Å². The second-order valence-corrected chi connectivity index (χ2v) is 7.79. The molecule has 0 radical (unpaired) electrons. The van der Waals surface area contributed by atoms with Gasteiger partial charge in [-0.2, -0.15) is 0 Å². The highest BCUT2D eigenvalue weighted by molar-refractivity contribution is 5.79. The second-order valence-electron chi connectivity index (χ2n) is 7.79. The summed E-state index contributed by atoms with van der Waals surface area (Å²) < 4.78 is 19.2. The molecule has 0 aliphatic carbocycles. The molecule has 1 amide bonds. The number of benzene rings is 1. The van der Waals surface area contributed by atoms with E-state index in [1.807, 2.05) is 4.90 Å². The van der Waals surface area contributed by atoms with E-state index in [1.54, 1.807) is 12.1 Å². The van der Waals surface area contributed by atoms with Gasteiger partial charge in [0.2, 0.25) is 5.91 Å². The highest BCUT2D eigenvalue weighted by Crippen LogP contribution is 2.37. The third-order valence-electron chi connectivity index (χ3n) is 6.06. The molecule has 0 N–H and O–H groups in total. The van der Waals surface area contributed by atoms with Gasteiger partial charge in [0.25, 0.3) is 0 Å². The molecule has 25 heavy (non-hydrogen) atoms. The Hall–Kier alpha value is -1.46. The summed E-state index contributed by atoms with van der Waals surface area (Å²) in [6.45, 7) is 4.72. The van der Waals surface area contributed by atoms with Crippen molar-refractivity contribution in [3.05, 3.63) is 35.6 Å². The molecule has 0 unspecified atom stereocenters. The molecule has 136 valence electrons. The van der Waals surface area contributed by atoms with E-state index in [0.717, 1.165) is 38.0 Å². The largest absolute Gasteiger partial charge is 0.373 e. The lowest BCUT2D eigenvalue weighted by Crippen LogP contribution is -2.49. The van der Waals surface area contributed by atoms with E-state index in [2.05, 4.69) is 4.90 Å². The molecule has 0 aromatic heterocycles. The third kappa shape index (κ3) is 3.72. The Bertz CT molecular complexity index is 615. The van der Waals surface area contributed by atoms with Gasteiger partial charge in [0.1, 0.15) is 5.82 Å². The van der Waals surface area contributed by atoms with E-state index >= 15 is 0 Å². The van der Waals surface area contributed by atoms with Gasteiger partial charge in [-0.3, -0.25) is 4.79 Å². The topological polar surface area (TPSA) is 32.8 Å². The maximum atomic E-state index is 13.0. The van der Waals surface area contributed by atoms with Gasteiger partial charge in [-0.05, 0) is 62.9 Å². The maximum absolute atomic E-state index is 13.0. The lowest BCUT2D eigenvalue weighted by molar-refractivity contribution is -0.133. The van der Waals surface area contributed by atoms with Gasteiger partial charge < -0.3 is 14.5 Å². The molecular weight excluding hydrogens is 319 g/mol. The monoisotopic (exact) mass is 346 g/mol. The lowest BCUT2D eigenvalue weighted by atomic mass is 9.89. The van der Waals surface area contributed by atoms with Crippen LogP contribution < -0.4 is 0 Å². The SMILES string of the molecule is O=C(Cc1ccc(F)cc1)N1CC[C@@]2(C[C@H](N3CCCC3)CCO2)C1. The number of amides is 1. The van der Waals surface area contributed by atoms with E-state index in [-0.39, 0.29) is 17.3 Å². The number of halogens is 1. The quantitative estimate of drug-likeness (QED) is 0.843. The fourth-order valence-corrected chi connectivity index (χ4v) is 4.65. The first-order valence-corrected chi connectivity index (χ1v) is 9.54. The zero-order valence-electron chi connectivity index (χ0n) is 14.8. The van der Waals surface area contributed by atoms with Crippen molar-refractivity contribution < 1.29 is 13.9 Å². The summed E-state index contributed by atoms with van der Waals surface area (Å²) in [5, 5.41) is 0. The molecule has 0 bridgehead atoms. The van der Waals surface area contributed by atoms with Crippen molar-refractivity contribution in [2.24, 2.45) is 0 Å². The highest BCUT2D eigenvalue weighted by atomic mass is 19.1. The lowest BCUT2D eigenvalue weighted by Gasteiger charge is -2.41. The minimum absolute atomic E-state index is 0.121. The van der Waals surface area contributed by atoms with Crippen LogP contribution in [0.2, 0.25) is 0 Å². The average molecular weight is 346 g/mol. The van der Waals surface area contributed by atoms with E-state index < -0.39 is 0 Å². The Morgan fingerprint density at radius 2 is 1.96 bits per heavy atom. The van der Waals surface area contributed by atoms with E-state index in [4.69, 9.17) is 4.74 Å². The molecule has 5 heteroatoms. The van der Waals surface area contributed by atoms with Crippen molar-refractivity contribution in [1.82, 2.24) is 9.80 Å². The Morgan fingerprint density at radius 1 is 1.20 bits per heavy atom. The van der Waals surface area contributed by atoms with E-state index in [9.17, 15) is 9.18 Å². The standard InChI is InChI=1S/C20H27FN2O2/c21-17-5-3-16(4-6-17)13-19(24)23-11-8-20(15-23)14-18(7-12-25-20)22-9-1-2-10-22/h3-6,18H,1-2,7-15H2/t18-,20-/m1/s1. The minimum Gasteiger partial charge on any atom is -0.373 e.